The molecule has 0 saturated heterocycles. The molecule has 0 aliphatic carbocycles. The Kier molecular flexibility index (Phi) is 4.95. The maximum absolute atomic E-state index is 5.05. The van der Waals surface area contributed by atoms with Crippen LogP contribution in [0.4, 0.5) is 5.69 Å². The highest BCUT2D eigenvalue weighted by Gasteiger charge is 1.97. The van der Waals surface area contributed by atoms with Crippen molar-refractivity contribution >= 4 is 5.69 Å². The predicted molar refractivity (Wildman–Crippen MR) is 63.4 cm³/mol. The first kappa shape index (κ1) is 11.8. The average Bonchev–Trinajstić information content (AvgIpc) is 2.24. The lowest BCUT2D eigenvalue weighted by Gasteiger charge is -2.08. The first-order valence-corrected chi connectivity index (χ1v) is 5.46. The Morgan fingerprint density at radius 1 is 1.47 bits per heavy atom. The summed E-state index contributed by atoms with van der Waals surface area (Å²) in [4.78, 5) is 4.05. The highest BCUT2D eigenvalue weighted by Crippen LogP contribution is 2.13. The van der Waals surface area contributed by atoms with Gasteiger partial charge in [-0.2, -0.15) is 0 Å². The largest absolute Gasteiger partial charge is 0.481 e. The van der Waals surface area contributed by atoms with Crippen molar-refractivity contribution < 1.29 is 4.74 Å². The van der Waals surface area contributed by atoms with E-state index >= 15 is 0 Å². The number of ether oxygens (including phenoxy) is 1. The smallest absolute Gasteiger partial charge is 0.214 e. The highest BCUT2D eigenvalue weighted by molar-refractivity contribution is 5.44. The van der Waals surface area contributed by atoms with Crippen LogP contribution in [0.15, 0.2) is 18.3 Å². The first-order chi connectivity index (χ1) is 7.22. The molecular formula is C12H20N2O. The number of aromatic nitrogens is 1. The first-order valence-electron chi connectivity index (χ1n) is 5.46. The van der Waals surface area contributed by atoms with Crippen LogP contribution in [0.3, 0.4) is 0 Å². The number of nitrogens with zero attached hydrogens (tertiary/aromatic N) is 1. The summed E-state index contributed by atoms with van der Waals surface area (Å²) < 4.78 is 5.05. The Morgan fingerprint density at radius 2 is 2.27 bits per heavy atom. The van der Waals surface area contributed by atoms with E-state index in [1.54, 1.807) is 13.3 Å². The summed E-state index contributed by atoms with van der Waals surface area (Å²) in [6.07, 6.45) is 4.21. The van der Waals surface area contributed by atoms with E-state index in [1.807, 2.05) is 12.1 Å². The second kappa shape index (κ2) is 6.27. The van der Waals surface area contributed by atoms with Gasteiger partial charge in [-0.05, 0) is 24.8 Å². The Hall–Kier alpha value is -1.25. The molecule has 1 aromatic heterocycles. The van der Waals surface area contributed by atoms with Gasteiger partial charge in [-0.15, -0.1) is 0 Å². The fourth-order valence-electron chi connectivity index (χ4n) is 1.37. The van der Waals surface area contributed by atoms with Gasteiger partial charge in [0.2, 0.25) is 5.88 Å². The monoisotopic (exact) mass is 208 g/mol. The van der Waals surface area contributed by atoms with E-state index in [0.29, 0.717) is 5.88 Å². The number of anilines is 1. The van der Waals surface area contributed by atoms with Gasteiger partial charge in [0, 0.05) is 24.5 Å². The zero-order chi connectivity index (χ0) is 11.1. The van der Waals surface area contributed by atoms with E-state index in [4.69, 9.17) is 4.74 Å². The lowest BCUT2D eigenvalue weighted by Crippen LogP contribution is -2.03. The number of hydrogen-bond acceptors (Lipinski definition) is 3. The van der Waals surface area contributed by atoms with Crippen molar-refractivity contribution in [3.63, 3.8) is 0 Å². The zero-order valence-corrected chi connectivity index (χ0v) is 9.79. The molecule has 3 heteroatoms. The summed E-state index contributed by atoms with van der Waals surface area (Å²) in [7, 11) is 1.63. The number of pyridine rings is 1. The molecular weight excluding hydrogens is 188 g/mol. The molecule has 1 rings (SSSR count). The molecule has 15 heavy (non-hydrogen) atoms. The van der Waals surface area contributed by atoms with Gasteiger partial charge in [0.1, 0.15) is 0 Å². The molecule has 0 aliphatic rings. The minimum atomic E-state index is 0.656. The summed E-state index contributed by atoms with van der Waals surface area (Å²) in [5, 5.41) is 3.35. The van der Waals surface area contributed by atoms with E-state index in [1.165, 1.54) is 12.8 Å². The van der Waals surface area contributed by atoms with Crippen molar-refractivity contribution in [1.29, 1.82) is 0 Å². The predicted octanol–water partition coefficient (Wildman–Crippen LogP) is 2.94. The summed E-state index contributed by atoms with van der Waals surface area (Å²) >= 11 is 0. The molecule has 0 aliphatic heterocycles. The van der Waals surface area contributed by atoms with Crippen molar-refractivity contribution in [2.24, 2.45) is 5.92 Å². The Bertz CT molecular complexity index is 287. The number of nitrogens with one attached hydrogen (secondary N) is 1. The summed E-state index contributed by atoms with van der Waals surface area (Å²) in [6, 6.07) is 3.87. The molecule has 1 N–H and O–H groups in total. The third-order valence-electron chi connectivity index (χ3n) is 2.23. The van der Waals surface area contributed by atoms with Crippen LogP contribution in [0.5, 0.6) is 5.88 Å². The second-order valence-corrected chi connectivity index (χ2v) is 4.05. The fourth-order valence-corrected chi connectivity index (χ4v) is 1.37. The van der Waals surface area contributed by atoms with Gasteiger partial charge < -0.3 is 10.1 Å². The van der Waals surface area contributed by atoms with Gasteiger partial charge in [0.25, 0.3) is 0 Å². The third-order valence-corrected chi connectivity index (χ3v) is 2.23. The lowest BCUT2D eigenvalue weighted by molar-refractivity contribution is 0.398. The van der Waals surface area contributed by atoms with Crippen LogP contribution in [0, 0.1) is 5.92 Å². The van der Waals surface area contributed by atoms with Gasteiger partial charge in [-0.1, -0.05) is 13.8 Å². The summed E-state index contributed by atoms with van der Waals surface area (Å²) in [6.45, 7) is 5.50. The van der Waals surface area contributed by atoms with E-state index in [9.17, 15) is 0 Å². The standard InChI is InChI=1S/C12H20N2O/c1-10(2)5-4-7-13-11-6-8-14-12(9-11)15-3/h6,8-10H,4-5,7H2,1-3H3,(H,13,14). The van der Waals surface area contributed by atoms with E-state index in [0.717, 1.165) is 18.2 Å². The molecule has 0 atom stereocenters. The second-order valence-electron chi connectivity index (χ2n) is 4.05. The third kappa shape index (κ3) is 4.68. The van der Waals surface area contributed by atoms with E-state index in [2.05, 4.69) is 24.1 Å². The van der Waals surface area contributed by atoms with Crippen LogP contribution >= 0.6 is 0 Å². The molecule has 3 nitrogen and oxygen atoms in total. The molecule has 1 aromatic rings. The topological polar surface area (TPSA) is 34.1 Å². The molecule has 0 radical (unpaired) electrons. The van der Waals surface area contributed by atoms with Crippen molar-refractivity contribution in [3.8, 4) is 5.88 Å². The summed E-state index contributed by atoms with van der Waals surface area (Å²) in [5.74, 6) is 1.43. The van der Waals surface area contributed by atoms with Crippen molar-refractivity contribution in [3.05, 3.63) is 18.3 Å². The van der Waals surface area contributed by atoms with E-state index in [-0.39, 0.29) is 0 Å². The quantitative estimate of drug-likeness (QED) is 0.730. The van der Waals surface area contributed by atoms with Crippen molar-refractivity contribution in [2.45, 2.75) is 26.7 Å². The van der Waals surface area contributed by atoms with Crippen LogP contribution in [0.2, 0.25) is 0 Å². The van der Waals surface area contributed by atoms with Gasteiger partial charge in [0.05, 0.1) is 7.11 Å². The van der Waals surface area contributed by atoms with Crippen molar-refractivity contribution in [2.75, 3.05) is 19.0 Å². The lowest BCUT2D eigenvalue weighted by atomic mass is 10.1. The van der Waals surface area contributed by atoms with E-state index < -0.39 is 0 Å². The minimum absolute atomic E-state index is 0.656. The van der Waals surface area contributed by atoms with Gasteiger partial charge in [-0.3, -0.25) is 0 Å². The maximum Gasteiger partial charge on any atom is 0.214 e. The Balaban J connectivity index is 2.30. The minimum Gasteiger partial charge on any atom is -0.481 e. The SMILES string of the molecule is COc1cc(NCCCC(C)C)ccn1. The Morgan fingerprint density at radius 3 is 2.93 bits per heavy atom. The average molecular weight is 208 g/mol. The highest BCUT2D eigenvalue weighted by atomic mass is 16.5. The molecule has 0 amide bonds. The molecule has 0 spiro atoms. The maximum atomic E-state index is 5.05. The summed E-state index contributed by atoms with van der Waals surface area (Å²) in [5.41, 5.74) is 1.07. The molecule has 0 bridgehead atoms. The van der Waals surface area contributed by atoms with Crippen LogP contribution < -0.4 is 10.1 Å². The number of rotatable bonds is 6. The normalized spacial score (nSPS) is 10.4. The van der Waals surface area contributed by atoms with Gasteiger partial charge >= 0.3 is 0 Å². The zero-order valence-electron chi connectivity index (χ0n) is 9.79. The molecule has 0 unspecified atom stereocenters. The van der Waals surface area contributed by atoms with Crippen LogP contribution in [0.1, 0.15) is 26.7 Å². The molecule has 1 heterocycles. The van der Waals surface area contributed by atoms with Gasteiger partial charge in [-0.25, -0.2) is 4.98 Å². The fraction of sp³-hybridized carbons (Fsp3) is 0.583. The number of hydrogen-bond donors (Lipinski definition) is 1. The van der Waals surface area contributed by atoms with Crippen molar-refractivity contribution in [1.82, 2.24) is 4.98 Å². The van der Waals surface area contributed by atoms with Crippen LogP contribution in [-0.4, -0.2) is 18.6 Å². The van der Waals surface area contributed by atoms with Crippen LogP contribution in [-0.2, 0) is 0 Å². The molecule has 0 fully saturated rings. The number of methoxy groups -OCH3 is 1. The van der Waals surface area contributed by atoms with Crippen LogP contribution in [0.25, 0.3) is 0 Å². The van der Waals surface area contributed by atoms with Gasteiger partial charge in [0.15, 0.2) is 0 Å². The Labute approximate surface area is 91.9 Å². The molecule has 0 saturated carbocycles. The molecule has 0 aromatic carbocycles. The molecule has 84 valence electrons.